The van der Waals surface area contributed by atoms with Gasteiger partial charge >= 0.3 is 12.0 Å². The first-order valence-electron chi connectivity index (χ1n) is 6.01. The Morgan fingerprint density at radius 2 is 2.15 bits per heavy atom. The lowest BCUT2D eigenvalue weighted by atomic mass is 10.2. The van der Waals surface area contributed by atoms with Crippen molar-refractivity contribution in [1.82, 2.24) is 5.32 Å². The fraction of sp³-hybridized carbons (Fsp3) is 0.308. The van der Waals surface area contributed by atoms with Gasteiger partial charge in [-0.25, -0.2) is 9.59 Å². The standard InChI is InChI=1S/C13H12BrN3O3/c14-9-5-7(6-15)1-4-10(9)16-13(20)17-11(12(18)19)8-2-3-8/h1,4-5,8,11H,2-3H2,(H,18,19)(H2,16,17,20). The fourth-order valence-electron chi connectivity index (χ4n) is 1.80. The predicted octanol–water partition coefficient (Wildman–Crippen LogP) is 2.31. The van der Waals surface area contributed by atoms with Crippen LogP contribution in [0.15, 0.2) is 22.7 Å². The zero-order valence-corrected chi connectivity index (χ0v) is 12.0. The molecule has 0 aromatic heterocycles. The molecule has 2 rings (SSSR count). The molecule has 1 aliphatic carbocycles. The lowest BCUT2D eigenvalue weighted by Crippen LogP contribution is -2.44. The number of benzene rings is 1. The molecule has 0 aliphatic heterocycles. The van der Waals surface area contributed by atoms with E-state index in [1.54, 1.807) is 18.2 Å². The maximum atomic E-state index is 11.8. The second-order valence-corrected chi connectivity index (χ2v) is 5.41. The minimum atomic E-state index is -1.03. The van der Waals surface area contributed by atoms with Crippen LogP contribution in [0.4, 0.5) is 10.5 Å². The first-order valence-corrected chi connectivity index (χ1v) is 6.80. The van der Waals surface area contributed by atoms with E-state index in [4.69, 9.17) is 10.4 Å². The molecular weight excluding hydrogens is 326 g/mol. The molecule has 1 fully saturated rings. The molecule has 1 atom stereocenters. The minimum Gasteiger partial charge on any atom is -0.480 e. The van der Waals surface area contributed by atoms with Crippen LogP contribution in [0.1, 0.15) is 18.4 Å². The van der Waals surface area contributed by atoms with E-state index in [1.807, 2.05) is 6.07 Å². The number of nitriles is 1. The van der Waals surface area contributed by atoms with Crippen molar-refractivity contribution in [2.45, 2.75) is 18.9 Å². The molecule has 7 heteroatoms. The van der Waals surface area contributed by atoms with Crippen LogP contribution in [0, 0.1) is 17.2 Å². The topological polar surface area (TPSA) is 102 Å². The Kier molecular flexibility index (Phi) is 4.25. The number of hydrogen-bond acceptors (Lipinski definition) is 3. The number of aliphatic carboxylic acids is 1. The number of carbonyl (C=O) groups is 2. The van der Waals surface area contributed by atoms with E-state index in [2.05, 4.69) is 26.6 Å². The number of carboxylic acid groups (broad SMARTS) is 1. The van der Waals surface area contributed by atoms with Crippen molar-refractivity contribution in [2.24, 2.45) is 5.92 Å². The zero-order valence-electron chi connectivity index (χ0n) is 10.4. The van der Waals surface area contributed by atoms with Gasteiger partial charge in [0, 0.05) is 4.47 Å². The normalized spacial score (nSPS) is 15.0. The highest BCUT2D eigenvalue weighted by Gasteiger charge is 2.37. The van der Waals surface area contributed by atoms with E-state index in [0.29, 0.717) is 15.7 Å². The third-order valence-electron chi connectivity index (χ3n) is 2.99. The van der Waals surface area contributed by atoms with Crippen molar-refractivity contribution in [1.29, 1.82) is 5.26 Å². The number of nitrogens with zero attached hydrogens (tertiary/aromatic N) is 1. The Labute approximate surface area is 123 Å². The summed E-state index contributed by atoms with van der Waals surface area (Å²) in [4.78, 5) is 22.8. The maximum Gasteiger partial charge on any atom is 0.326 e. The molecule has 1 unspecified atom stereocenters. The van der Waals surface area contributed by atoms with Crippen molar-refractivity contribution < 1.29 is 14.7 Å². The molecule has 0 heterocycles. The summed E-state index contributed by atoms with van der Waals surface area (Å²) in [6.45, 7) is 0. The van der Waals surface area contributed by atoms with Crippen molar-refractivity contribution >= 4 is 33.6 Å². The number of carbonyl (C=O) groups excluding carboxylic acids is 1. The molecule has 0 spiro atoms. The van der Waals surface area contributed by atoms with Crippen molar-refractivity contribution in [2.75, 3.05) is 5.32 Å². The molecule has 1 saturated carbocycles. The van der Waals surface area contributed by atoms with Crippen LogP contribution < -0.4 is 10.6 Å². The number of rotatable bonds is 4. The van der Waals surface area contributed by atoms with Crippen LogP contribution in [-0.4, -0.2) is 23.1 Å². The summed E-state index contributed by atoms with van der Waals surface area (Å²) in [6, 6.07) is 5.27. The smallest absolute Gasteiger partial charge is 0.326 e. The van der Waals surface area contributed by atoms with E-state index in [-0.39, 0.29) is 5.92 Å². The maximum absolute atomic E-state index is 11.8. The number of amides is 2. The zero-order chi connectivity index (χ0) is 14.7. The van der Waals surface area contributed by atoms with Crippen LogP contribution in [0.3, 0.4) is 0 Å². The first kappa shape index (κ1) is 14.3. The van der Waals surface area contributed by atoms with Crippen LogP contribution in [0.5, 0.6) is 0 Å². The summed E-state index contributed by atoms with van der Waals surface area (Å²) >= 11 is 3.24. The summed E-state index contributed by atoms with van der Waals surface area (Å²) in [6.07, 6.45) is 1.63. The summed E-state index contributed by atoms with van der Waals surface area (Å²) in [5.74, 6) is -1.01. The molecule has 6 nitrogen and oxygen atoms in total. The summed E-state index contributed by atoms with van der Waals surface area (Å²) < 4.78 is 0.560. The van der Waals surface area contributed by atoms with Crippen LogP contribution in [0.25, 0.3) is 0 Å². The quantitative estimate of drug-likeness (QED) is 0.784. The monoisotopic (exact) mass is 337 g/mol. The number of halogens is 1. The highest BCUT2D eigenvalue weighted by atomic mass is 79.9. The Morgan fingerprint density at radius 1 is 1.45 bits per heavy atom. The Bertz CT molecular complexity index is 593. The lowest BCUT2D eigenvalue weighted by Gasteiger charge is -2.15. The van der Waals surface area contributed by atoms with Crippen molar-refractivity contribution in [3.63, 3.8) is 0 Å². The van der Waals surface area contributed by atoms with Crippen molar-refractivity contribution in [3.05, 3.63) is 28.2 Å². The molecule has 2 amide bonds. The minimum absolute atomic E-state index is 0.0163. The van der Waals surface area contributed by atoms with Gasteiger partial charge in [0.05, 0.1) is 17.3 Å². The summed E-state index contributed by atoms with van der Waals surface area (Å²) in [5.41, 5.74) is 0.936. The van der Waals surface area contributed by atoms with Gasteiger partial charge in [-0.15, -0.1) is 0 Å². The van der Waals surface area contributed by atoms with E-state index < -0.39 is 18.0 Å². The van der Waals surface area contributed by atoms with Gasteiger partial charge in [0.2, 0.25) is 0 Å². The number of urea groups is 1. The summed E-state index contributed by atoms with van der Waals surface area (Å²) in [5, 5.41) is 22.8. The van der Waals surface area contributed by atoms with Crippen molar-refractivity contribution in [3.8, 4) is 6.07 Å². The first-order chi connectivity index (χ1) is 9.51. The van der Waals surface area contributed by atoms with Crippen LogP contribution in [-0.2, 0) is 4.79 Å². The summed E-state index contributed by atoms with van der Waals surface area (Å²) in [7, 11) is 0. The Hall–Kier alpha value is -2.07. The van der Waals surface area contributed by atoms with Gasteiger partial charge in [-0.3, -0.25) is 0 Å². The second-order valence-electron chi connectivity index (χ2n) is 4.56. The van der Waals surface area contributed by atoms with E-state index in [0.717, 1.165) is 12.8 Å². The molecule has 0 bridgehead atoms. The van der Waals surface area contributed by atoms with Gasteiger partial charge in [-0.2, -0.15) is 5.26 Å². The third kappa shape index (κ3) is 3.48. The molecular formula is C13H12BrN3O3. The molecule has 1 aromatic rings. The average molecular weight is 338 g/mol. The molecule has 0 saturated heterocycles. The molecule has 3 N–H and O–H groups in total. The highest BCUT2D eigenvalue weighted by Crippen LogP contribution is 2.32. The number of anilines is 1. The second kappa shape index (κ2) is 5.92. The SMILES string of the molecule is N#Cc1ccc(NC(=O)NC(C(=O)O)C2CC2)c(Br)c1. The van der Waals surface area contributed by atoms with Gasteiger partial charge in [0.15, 0.2) is 0 Å². The van der Waals surface area contributed by atoms with E-state index >= 15 is 0 Å². The van der Waals surface area contributed by atoms with Gasteiger partial charge in [-0.1, -0.05) is 0 Å². The molecule has 1 aliphatic rings. The van der Waals surface area contributed by atoms with Gasteiger partial charge in [-0.05, 0) is 52.9 Å². The number of nitrogens with one attached hydrogen (secondary N) is 2. The van der Waals surface area contributed by atoms with Crippen LogP contribution in [0.2, 0.25) is 0 Å². The Balaban J connectivity index is 2.01. The Morgan fingerprint density at radius 3 is 2.65 bits per heavy atom. The fourth-order valence-corrected chi connectivity index (χ4v) is 2.27. The van der Waals surface area contributed by atoms with Crippen LogP contribution >= 0.6 is 15.9 Å². The lowest BCUT2D eigenvalue weighted by molar-refractivity contribution is -0.139. The molecule has 0 radical (unpaired) electrons. The average Bonchev–Trinajstić information content (AvgIpc) is 3.22. The number of carboxylic acids is 1. The largest absolute Gasteiger partial charge is 0.480 e. The molecule has 20 heavy (non-hydrogen) atoms. The molecule has 104 valence electrons. The highest BCUT2D eigenvalue weighted by molar-refractivity contribution is 9.10. The molecule has 1 aromatic carbocycles. The van der Waals surface area contributed by atoms with E-state index in [1.165, 1.54) is 0 Å². The predicted molar refractivity (Wildman–Crippen MR) is 75.2 cm³/mol. The number of hydrogen-bond donors (Lipinski definition) is 3. The van der Waals surface area contributed by atoms with Gasteiger partial charge < -0.3 is 15.7 Å². The van der Waals surface area contributed by atoms with Gasteiger partial charge in [0.1, 0.15) is 6.04 Å². The third-order valence-corrected chi connectivity index (χ3v) is 3.65. The van der Waals surface area contributed by atoms with Gasteiger partial charge in [0.25, 0.3) is 0 Å². The van der Waals surface area contributed by atoms with E-state index in [9.17, 15) is 9.59 Å².